The highest BCUT2D eigenvalue weighted by Gasteiger charge is 2.10. The van der Waals surface area contributed by atoms with Gasteiger partial charge in [-0.1, -0.05) is 6.07 Å². The van der Waals surface area contributed by atoms with Crippen LogP contribution in [-0.2, 0) is 0 Å². The standard InChI is InChI=1S/C22H14F2N2/c23-18-8-4-15(5-9-18)21-13-17(20-3-1-2-12-25-20)14-22(26-21)16-6-10-19(24)11-7-16/h1-14H. The van der Waals surface area contributed by atoms with E-state index in [1.807, 2.05) is 30.3 Å². The van der Waals surface area contributed by atoms with Crippen LogP contribution in [0.1, 0.15) is 0 Å². The SMILES string of the molecule is Fc1ccc(-c2cc(-c3ccccn3)cc(-c3ccc(F)cc3)n2)cc1. The minimum absolute atomic E-state index is 0.298. The molecule has 0 aliphatic carbocycles. The minimum Gasteiger partial charge on any atom is -0.256 e. The molecule has 0 aliphatic heterocycles. The van der Waals surface area contributed by atoms with Crippen LogP contribution in [0.15, 0.2) is 85.1 Å². The zero-order chi connectivity index (χ0) is 17.9. The topological polar surface area (TPSA) is 25.8 Å². The van der Waals surface area contributed by atoms with Crippen LogP contribution >= 0.6 is 0 Å². The van der Waals surface area contributed by atoms with Gasteiger partial charge in [0, 0.05) is 22.9 Å². The Morgan fingerprint density at radius 1 is 0.538 bits per heavy atom. The van der Waals surface area contributed by atoms with Crippen LogP contribution < -0.4 is 0 Å². The summed E-state index contributed by atoms with van der Waals surface area (Å²) in [6, 6.07) is 21.9. The summed E-state index contributed by atoms with van der Waals surface area (Å²) in [6.45, 7) is 0. The molecule has 2 aromatic carbocycles. The van der Waals surface area contributed by atoms with E-state index in [4.69, 9.17) is 0 Å². The predicted octanol–water partition coefficient (Wildman–Crippen LogP) is 5.76. The van der Waals surface area contributed by atoms with E-state index in [1.165, 1.54) is 24.3 Å². The van der Waals surface area contributed by atoms with Crippen LogP contribution in [0.25, 0.3) is 33.8 Å². The van der Waals surface area contributed by atoms with Gasteiger partial charge in [-0.05, 0) is 72.8 Å². The van der Waals surface area contributed by atoms with Gasteiger partial charge in [-0.3, -0.25) is 4.98 Å². The first-order chi connectivity index (χ1) is 12.7. The number of hydrogen-bond donors (Lipinski definition) is 0. The molecular weight excluding hydrogens is 330 g/mol. The average molecular weight is 344 g/mol. The maximum atomic E-state index is 13.3. The second-order valence-corrected chi connectivity index (χ2v) is 5.86. The summed E-state index contributed by atoms with van der Waals surface area (Å²) in [7, 11) is 0. The number of hydrogen-bond acceptors (Lipinski definition) is 2. The van der Waals surface area contributed by atoms with Crippen molar-refractivity contribution in [2.45, 2.75) is 0 Å². The lowest BCUT2D eigenvalue weighted by Gasteiger charge is -2.10. The van der Waals surface area contributed by atoms with Gasteiger partial charge in [0.05, 0.1) is 17.1 Å². The van der Waals surface area contributed by atoms with Crippen LogP contribution in [0.3, 0.4) is 0 Å². The van der Waals surface area contributed by atoms with Crippen LogP contribution in [-0.4, -0.2) is 9.97 Å². The van der Waals surface area contributed by atoms with E-state index in [0.717, 1.165) is 22.4 Å². The van der Waals surface area contributed by atoms with Crippen LogP contribution in [0.4, 0.5) is 8.78 Å². The molecular formula is C22H14F2N2. The molecule has 4 heteroatoms. The Hall–Kier alpha value is -3.40. The van der Waals surface area contributed by atoms with Crippen LogP contribution in [0.5, 0.6) is 0 Å². The summed E-state index contributed by atoms with van der Waals surface area (Å²) in [6.07, 6.45) is 1.73. The average Bonchev–Trinajstić information content (AvgIpc) is 2.69. The molecule has 0 fully saturated rings. The van der Waals surface area contributed by atoms with Gasteiger partial charge in [0.15, 0.2) is 0 Å². The molecule has 4 rings (SSSR count). The van der Waals surface area contributed by atoms with Gasteiger partial charge in [0.1, 0.15) is 11.6 Å². The molecule has 0 saturated carbocycles. The fourth-order valence-corrected chi connectivity index (χ4v) is 2.75. The van der Waals surface area contributed by atoms with Gasteiger partial charge in [0.2, 0.25) is 0 Å². The van der Waals surface area contributed by atoms with E-state index in [2.05, 4.69) is 9.97 Å². The molecule has 0 unspecified atom stereocenters. The molecule has 0 amide bonds. The summed E-state index contributed by atoms with van der Waals surface area (Å²) < 4.78 is 26.5. The predicted molar refractivity (Wildman–Crippen MR) is 98.3 cm³/mol. The van der Waals surface area contributed by atoms with Crippen LogP contribution in [0, 0.1) is 11.6 Å². The number of halogens is 2. The maximum Gasteiger partial charge on any atom is 0.123 e. The van der Waals surface area contributed by atoms with E-state index in [9.17, 15) is 8.78 Å². The van der Waals surface area contributed by atoms with Gasteiger partial charge in [-0.15, -0.1) is 0 Å². The number of benzene rings is 2. The van der Waals surface area contributed by atoms with E-state index in [0.29, 0.717) is 11.4 Å². The second-order valence-electron chi connectivity index (χ2n) is 5.86. The molecule has 2 nitrogen and oxygen atoms in total. The normalized spacial score (nSPS) is 10.7. The van der Waals surface area contributed by atoms with E-state index in [1.54, 1.807) is 30.5 Å². The number of aromatic nitrogens is 2. The van der Waals surface area contributed by atoms with Gasteiger partial charge in [-0.2, -0.15) is 0 Å². The first kappa shape index (κ1) is 16.1. The van der Waals surface area contributed by atoms with Gasteiger partial charge in [-0.25, -0.2) is 13.8 Å². The molecule has 0 radical (unpaired) electrons. The molecule has 0 atom stereocenters. The van der Waals surface area contributed by atoms with Crippen LogP contribution in [0.2, 0.25) is 0 Å². The monoisotopic (exact) mass is 344 g/mol. The Morgan fingerprint density at radius 2 is 1.08 bits per heavy atom. The summed E-state index contributed by atoms with van der Waals surface area (Å²) in [5.74, 6) is -0.596. The summed E-state index contributed by atoms with van der Waals surface area (Å²) >= 11 is 0. The molecule has 2 heterocycles. The third-order valence-corrected chi connectivity index (χ3v) is 4.07. The third-order valence-electron chi connectivity index (χ3n) is 4.07. The van der Waals surface area contributed by atoms with Crippen molar-refractivity contribution in [3.63, 3.8) is 0 Å². The summed E-state index contributed by atoms with van der Waals surface area (Å²) in [5, 5.41) is 0. The highest BCUT2D eigenvalue weighted by atomic mass is 19.1. The first-order valence-corrected chi connectivity index (χ1v) is 8.14. The fraction of sp³-hybridized carbons (Fsp3) is 0. The van der Waals surface area contributed by atoms with Crippen molar-refractivity contribution in [1.82, 2.24) is 9.97 Å². The molecule has 0 bridgehead atoms. The van der Waals surface area contributed by atoms with E-state index < -0.39 is 0 Å². The minimum atomic E-state index is -0.298. The zero-order valence-electron chi connectivity index (χ0n) is 13.7. The summed E-state index contributed by atoms with van der Waals surface area (Å²) in [5.41, 5.74) is 4.70. The molecule has 126 valence electrons. The largest absolute Gasteiger partial charge is 0.256 e. The van der Waals surface area contributed by atoms with Crippen molar-refractivity contribution in [2.24, 2.45) is 0 Å². The quantitative estimate of drug-likeness (QED) is 0.472. The molecule has 0 N–H and O–H groups in total. The van der Waals surface area contributed by atoms with E-state index >= 15 is 0 Å². The first-order valence-electron chi connectivity index (χ1n) is 8.14. The molecule has 0 saturated heterocycles. The second kappa shape index (κ2) is 6.84. The van der Waals surface area contributed by atoms with Crippen molar-refractivity contribution in [3.8, 4) is 33.8 Å². The highest BCUT2D eigenvalue weighted by Crippen LogP contribution is 2.29. The van der Waals surface area contributed by atoms with Crippen molar-refractivity contribution < 1.29 is 8.78 Å². The lowest BCUT2D eigenvalue weighted by Crippen LogP contribution is -1.92. The Kier molecular flexibility index (Phi) is 4.23. The lowest BCUT2D eigenvalue weighted by atomic mass is 10.0. The lowest BCUT2D eigenvalue weighted by molar-refractivity contribution is 0.627. The number of nitrogens with zero attached hydrogens (tertiary/aromatic N) is 2. The molecule has 0 aliphatic rings. The van der Waals surface area contributed by atoms with Crippen molar-refractivity contribution in [2.75, 3.05) is 0 Å². The Balaban J connectivity index is 1.89. The third kappa shape index (κ3) is 3.35. The highest BCUT2D eigenvalue weighted by molar-refractivity contribution is 5.75. The summed E-state index contributed by atoms with van der Waals surface area (Å²) in [4.78, 5) is 9.09. The van der Waals surface area contributed by atoms with Crippen molar-refractivity contribution in [1.29, 1.82) is 0 Å². The molecule has 0 spiro atoms. The Morgan fingerprint density at radius 3 is 1.54 bits per heavy atom. The smallest absolute Gasteiger partial charge is 0.123 e. The Labute approximate surface area is 149 Å². The molecule has 2 aromatic heterocycles. The van der Waals surface area contributed by atoms with Crippen molar-refractivity contribution >= 4 is 0 Å². The number of rotatable bonds is 3. The van der Waals surface area contributed by atoms with Gasteiger partial charge in [0.25, 0.3) is 0 Å². The van der Waals surface area contributed by atoms with Gasteiger partial charge < -0.3 is 0 Å². The molecule has 26 heavy (non-hydrogen) atoms. The van der Waals surface area contributed by atoms with E-state index in [-0.39, 0.29) is 11.6 Å². The number of pyridine rings is 2. The maximum absolute atomic E-state index is 13.3. The fourth-order valence-electron chi connectivity index (χ4n) is 2.75. The zero-order valence-corrected chi connectivity index (χ0v) is 13.7. The molecule has 4 aromatic rings. The van der Waals surface area contributed by atoms with Crippen molar-refractivity contribution in [3.05, 3.63) is 96.7 Å². The Bertz CT molecular complexity index is 964. The van der Waals surface area contributed by atoms with Gasteiger partial charge >= 0.3 is 0 Å².